The first-order valence-corrected chi connectivity index (χ1v) is 5.12. The number of para-hydroxylation sites is 1. The molecule has 82 valence electrons. The molecule has 3 nitrogen and oxygen atoms in total. The quantitative estimate of drug-likeness (QED) is 0.797. The minimum absolute atomic E-state index is 0.0876. The lowest BCUT2D eigenvalue weighted by molar-refractivity contribution is 0.299. The second-order valence-corrected chi connectivity index (χ2v) is 2.89. The molecule has 3 heteroatoms. The Morgan fingerprint density at radius 1 is 1.27 bits per heavy atom. The van der Waals surface area contributed by atoms with E-state index in [1.165, 1.54) is 0 Å². The topological polar surface area (TPSA) is 53.6 Å². The predicted molar refractivity (Wildman–Crippen MR) is 60.0 cm³/mol. The van der Waals surface area contributed by atoms with Gasteiger partial charge in [-0.25, -0.2) is 0 Å². The van der Waals surface area contributed by atoms with E-state index in [1.807, 2.05) is 19.9 Å². The second kappa shape index (κ2) is 5.41. The fourth-order valence-corrected chi connectivity index (χ4v) is 1.41. The molecule has 0 unspecified atom stereocenters. The lowest BCUT2D eigenvalue weighted by Crippen LogP contribution is -1.87. The number of phenols is 1. The summed E-state index contributed by atoms with van der Waals surface area (Å²) in [6.45, 7) is 4.09. The minimum Gasteiger partial charge on any atom is -0.504 e. The molecule has 0 spiro atoms. The molecule has 1 heterocycles. The highest BCUT2D eigenvalue weighted by Crippen LogP contribution is 2.28. The molecule has 0 atom stereocenters. The fourth-order valence-electron chi connectivity index (χ4n) is 1.41. The van der Waals surface area contributed by atoms with Crippen LogP contribution in [0.1, 0.15) is 19.4 Å². The molecule has 0 bridgehead atoms. The summed E-state index contributed by atoms with van der Waals surface area (Å²) in [5.41, 5.74) is 1.42. The van der Waals surface area contributed by atoms with Crippen molar-refractivity contribution >= 4 is 11.0 Å². The summed E-state index contributed by atoms with van der Waals surface area (Å²) in [6, 6.07) is 5.20. The summed E-state index contributed by atoms with van der Waals surface area (Å²) in [4.78, 5) is 0. The average molecular weight is 208 g/mol. The van der Waals surface area contributed by atoms with Crippen molar-refractivity contribution in [1.82, 2.24) is 0 Å². The third-order valence-corrected chi connectivity index (χ3v) is 2.04. The molecular formula is C12H16O3. The third kappa shape index (κ3) is 2.30. The Labute approximate surface area is 89.0 Å². The molecule has 2 aromatic rings. The Bertz CT molecular complexity index is 418. The molecule has 0 aliphatic rings. The van der Waals surface area contributed by atoms with E-state index in [4.69, 9.17) is 9.52 Å². The molecule has 0 saturated heterocycles. The van der Waals surface area contributed by atoms with Crippen LogP contribution >= 0.6 is 0 Å². The van der Waals surface area contributed by atoms with Gasteiger partial charge in [-0.05, 0) is 12.5 Å². The number of furan rings is 1. The predicted octanol–water partition coefficient (Wildman–Crippen LogP) is 2.70. The maximum Gasteiger partial charge on any atom is 0.175 e. The fraction of sp³-hybridized carbons (Fsp3) is 0.333. The molecular weight excluding hydrogens is 192 g/mol. The number of benzene rings is 1. The molecule has 0 amide bonds. The van der Waals surface area contributed by atoms with E-state index in [-0.39, 0.29) is 12.4 Å². The van der Waals surface area contributed by atoms with E-state index < -0.39 is 0 Å². The van der Waals surface area contributed by atoms with Crippen molar-refractivity contribution in [2.45, 2.75) is 20.3 Å². The van der Waals surface area contributed by atoms with Crippen LogP contribution in [-0.4, -0.2) is 16.8 Å². The van der Waals surface area contributed by atoms with Gasteiger partial charge in [-0.2, -0.15) is 0 Å². The summed E-state index contributed by atoms with van der Waals surface area (Å²) in [5.74, 6) is 0.140. The van der Waals surface area contributed by atoms with Gasteiger partial charge in [0.25, 0.3) is 0 Å². The number of aliphatic hydroxyl groups excluding tert-OH is 1. The maximum atomic E-state index is 9.40. The van der Waals surface area contributed by atoms with Gasteiger partial charge in [0, 0.05) is 17.6 Å². The van der Waals surface area contributed by atoms with Crippen molar-refractivity contribution in [3.63, 3.8) is 0 Å². The smallest absolute Gasteiger partial charge is 0.175 e. The van der Waals surface area contributed by atoms with E-state index in [9.17, 15) is 5.11 Å². The van der Waals surface area contributed by atoms with Crippen molar-refractivity contribution in [3.8, 4) is 5.75 Å². The van der Waals surface area contributed by atoms with Gasteiger partial charge in [0.15, 0.2) is 11.3 Å². The van der Waals surface area contributed by atoms with Crippen LogP contribution in [0.3, 0.4) is 0 Å². The number of hydrogen-bond acceptors (Lipinski definition) is 3. The normalized spacial score (nSPS) is 9.80. The van der Waals surface area contributed by atoms with Crippen LogP contribution in [0.25, 0.3) is 11.0 Å². The van der Waals surface area contributed by atoms with Crippen molar-refractivity contribution in [1.29, 1.82) is 0 Å². The SMILES string of the molecule is CC.OCCc1coc2c(O)cccc12. The van der Waals surface area contributed by atoms with E-state index in [0.29, 0.717) is 12.0 Å². The van der Waals surface area contributed by atoms with Crippen molar-refractivity contribution in [2.24, 2.45) is 0 Å². The van der Waals surface area contributed by atoms with Gasteiger partial charge in [0.1, 0.15) is 0 Å². The highest BCUT2D eigenvalue weighted by molar-refractivity contribution is 5.85. The van der Waals surface area contributed by atoms with Gasteiger partial charge < -0.3 is 14.6 Å². The summed E-state index contributed by atoms with van der Waals surface area (Å²) in [7, 11) is 0. The highest BCUT2D eigenvalue weighted by Gasteiger charge is 2.07. The Hall–Kier alpha value is -1.48. The molecule has 1 aromatic carbocycles. The Morgan fingerprint density at radius 2 is 2.00 bits per heavy atom. The lowest BCUT2D eigenvalue weighted by Gasteiger charge is -1.94. The molecule has 0 radical (unpaired) electrons. The van der Waals surface area contributed by atoms with Gasteiger partial charge in [-0.3, -0.25) is 0 Å². The first kappa shape index (κ1) is 11.6. The van der Waals surface area contributed by atoms with Crippen LogP contribution < -0.4 is 0 Å². The second-order valence-electron chi connectivity index (χ2n) is 2.89. The molecule has 1 aromatic heterocycles. The van der Waals surface area contributed by atoms with Crippen LogP contribution in [0.4, 0.5) is 0 Å². The number of fused-ring (bicyclic) bond motifs is 1. The van der Waals surface area contributed by atoms with Crippen molar-refractivity contribution < 1.29 is 14.6 Å². The van der Waals surface area contributed by atoms with Gasteiger partial charge in [0.05, 0.1) is 6.26 Å². The van der Waals surface area contributed by atoms with E-state index in [1.54, 1.807) is 18.4 Å². The van der Waals surface area contributed by atoms with E-state index in [2.05, 4.69) is 0 Å². The van der Waals surface area contributed by atoms with Crippen LogP contribution in [-0.2, 0) is 6.42 Å². The Balaban J connectivity index is 0.000000531. The number of aliphatic hydroxyl groups is 1. The zero-order valence-corrected chi connectivity index (χ0v) is 9.03. The van der Waals surface area contributed by atoms with Gasteiger partial charge in [-0.1, -0.05) is 26.0 Å². The largest absolute Gasteiger partial charge is 0.504 e. The first-order chi connectivity index (χ1) is 7.33. The number of rotatable bonds is 2. The van der Waals surface area contributed by atoms with Crippen LogP contribution in [0.15, 0.2) is 28.9 Å². The van der Waals surface area contributed by atoms with E-state index in [0.717, 1.165) is 10.9 Å². The van der Waals surface area contributed by atoms with Crippen LogP contribution in [0.2, 0.25) is 0 Å². The third-order valence-electron chi connectivity index (χ3n) is 2.04. The summed E-state index contributed by atoms with van der Waals surface area (Å²) in [5, 5.41) is 19.0. The lowest BCUT2D eigenvalue weighted by atomic mass is 10.1. The number of aromatic hydroxyl groups is 1. The molecule has 2 rings (SSSR count). The number of phenolic OH excluding ortho intramolecular Hbond substituents is 1. The zero-order chi connectivity index (χ0) is 11.3. The van der Waals surface area contributed by atoms with Gasteiger partial charge in [-0.15, -0.1) is 0 Å². The summed E-state index contributed by atoms with van der Waals surface area (Å²) in [6.07, 6.45) is 2.12. The number of hydrogen-bond donors (Lipinski definition) is 2. The molecule has 2 N–H and O–H groups in total. The van der Waals surface area contributed by atoms with Gasteiger partial charge >= 0.3 is 0 Å². The summed E-state index contributed by atoms with van der Waals surface area (Å²) >= 11 is 0. The van der Waals surface area contributed by atoms with Crippen LogP contribution in [0.5, 0.6) is 5.75 Å². The maximum absolute atomic E-state index is 9.40. The van der Waals surface area contributed by atoms with Crippen LogP contribution in [0, 0.1) is 0 Å². The Kier molecular flexibility index (Phi) is 4.18. The van der Waals surface area contributed by atoms with E-state index >= 15 is 0 Å². The molecule has 0 saturated carbocycles. The van der Waals surface area contributed by atoms with Crippen molar-refractivity contribution in [3.05, 3.63) is 30.0 Å². The van der Waals surface area contributed by atoms with Crippen molar-refractivity contribution in [2.75, 3.05) is 6.61 Å². The van der Waals surface area contributed by atoms with Gasteiger partial charge in [0.2, 0.25) is 0 Å². The standard InChI is InChI=1S/C10H10O3.C2H6/c11-5-4-7-6-13-10-8(7)2-1-3-9(10)12;1-2/h1-3,6,11-12H,4-5H2;1-2H3. The average Bonchev–Trinajstić information content (AvgIpc) is 2.67. The summed E-state index contributed by atoms with van der Waals surface area (Å²) < 4.78 is 5.17. The first-order valence-electron chi connectivity index (χ1n) is 5.12. The minimum atomic E-state index is 0.0876. The molecule has 0 aliphatic heterocycles. The highest BCUT2D eigenvalue weighted by atomic mass is 16.3. The molecule has 0 fully saturated rings. The Morgan fingerprint density at radius 3 is 2.67 bits per heavy atom. The zero-order valence-electron chi connectivity index (χ0n) is 9.03. The molecule has 15 heavy (non-hydrogen) atoms. The molecule has 0 aliphatic carbocycles. The monoisotopic (exact) mass is 208 g/mol.